The second kappa shape index (κ2) is 12.5. The van der Waals surface area contributed by atoms with Crippen molar-refractivity contribution in [2.45, 2.75) is 52.6 Å². The molecule has 180 valence electrons. The molecule has 6 nitrogen and oxygen atoms in total. The van der Waals surface area contributed by atoms with Crippen molar-refractivity contribution in [3.05, 3.63) is 53.3 Å². The minimum atomic E-state index is -0.493. The number of amides is 1. The lowest BCUT2D eigenvalue weighted by Crippen LogP contribution is -2.43. The number of carbonyl (C=O) groups excluding carboxylic acids is 2. The average molecular weight is 459 g/mol. The highest BCUT2D eigenvalue weighted by atomic mass is 19.1. The van der Waals surface area contributed by atoms with Gasteiger partial charge >= 0.3 is 0 Å². The number of ether oxygens (including phenoxy) is 2. The van der Waals surface area contributed by atoms with E-state index in [1.54, 1.807) is 25.3 Å². The standard InChI is InChI=1S/C26H35FN2O4/c1-6-18(4)29(17(2)3)26(31)20-8-10-21(25(15-20)33-13-7-12-32-5)22-14-19(24(30)16-28)9-11-23(22)27/h8-11,14-15,17-18H,6-7,12-13,16,28H2,1-5H3/t18-/m1/s1. The van der Waals surface area contributed by atoms with Gasteiger partial charge in [-0.1, -0.05) is 6.92 Å². The van der Waals surface area contributed by atoms with Gasteiger partial charge in [0.25, 0.3) is 5.91 Å². The first-order valence-corrected chi connectivity index (χ1v) is 11.4. The molecule has 0 aliphatic rings. The SMILES string of the molecule is CC[C@@H](C)N(C(=O)c1ccc(-c2cc(C(=O)CN)ccc2F)c(OCCCOC)c1)C(C)C. The summed E-state index contributed by atoms with van der Waals surface area (Å²) in [5, 5.41) is 0. The number of methoxy groups -OCH3 is 1. The Balaban J connectivity index is 2.54. The summed E-state index contributed by atoms with van der Waals surface area (Å²) in [5.74, 6) is -0.513. The topological polar surface area (TPSA) is 81.9 Å². The molecular weight excluding hydrogens is 423 g/mol. The molecule has 0 spiro atoms. The fourth-order valence-corrected chi connectivity index (χ4v) is 3.70. The van der Waals surface area contributed by atoms with Gasteiger partial charge in [0, 0.05) is 54.5 Å². The molecule has 0 radical (unpaired) electrons. The molecule has 7 heteroatoms. The Morgan fingerprint density at radius 3 is 2.33 bits per heavy atom. The molecule has 0 saturated carbocycles. The predicted molar refractivity (Wildman–Crippen MR) is 128 cm³/mol. The lowest BCUT2D eigenvalue weighted by molar-refractivity contribution is 0.0621. The van der Waals surface area contributed by atoms with Crippen molar-refractivity contribution in [3.63, 3.8) is 0 Å². The van der Waals surface area contributed by atoms with Crippen LogP contribution in [-0.2, 0) is 4.74 Å². The Morgan fingerprint density at radius 2 is 1.73 bits per heavy atom. The smallest absolute Gasteiger partial charge is 0.254 e. The van der Waals surface area contributed by atoms with E-state index in [1.165, 1.54) is 18.2 Å². The monoisotopic (exact) mass is 458 g/mol. The van der Waals surface area contributed by atoms with Crippen molar-refractivity contribution in [2.75, 3.05) is 26.9 Å². The lowest BCUT2D eigenvalue weighted by atomic mass is 9.98. The van der Waals surface area contributed by atoms with Gasteiger partial charge in [-0.2, -0.15) is 0 Å². The van der Waals surface area contributed by atoms with Crippen LogP contribution >= 0.6 is 0 Å². The molecule has 0 bridgehead atoms. The predicted octanol–water partition coefficient (Wildman–Crippen LogP) is 4.70. The van der Waals surface area contributed by atoms with Crippen molar-refractivity contribution in [1.29, 1.82) is 0 Å². The maximum Gasteiger partial charge on any atom is 0.254 e. The molecule has 2 N–H and O–H groups in total. The molecule has 0 aliphatic carbocycles. The second-order valence-electron chi connectivity index (χ2n) is 8.29. The van der Waals surface area contributed by atoms with Gasteiger partial charge in [-0.3, -0.25) is 9.59 Å². The first-order valence-electron chi connectivity index (χ1n) is 11.4. The summed E-state index contributed by atoms with van der Waals surface area (Å²) >= 11 is 0. The number of carbonyl (C=O) groups is 2. The fraction of sp³-hybridized carbons (Fsp3) is 0.462. The van der Waals surface area contributed by atoms with Crippen molar-refractivity contribution in [3.8, 4) is 16.9 Å². The van der Waals surface area contributed by atoms with E-state index in [0.29, 0.717) is 42.1 Å². The van der Waals surface area contributed by atoms with E-state index in [1.807, 2.05) is 32.6 Å². The lowest BCUT2D eigenvalue weighted by Gasteiger charge is -2.32. The maximum atomic E-state index is 14.8. The van der Waals surface area contributed by atoms with E-state index in [0.717, 1.165) is 6.42 Å². The molecule has 1 atom stereocenters. The summed E-state index contributed by atoms with van der Waals surface area (Å²) in [6.07, 6.45) is 1.46. The van der Waals surface area contributed by atoms with Crippen LogP contribution in [0, 0.1) is 5.82 Å². The molecule has 0 unspecified atom stereocenters. The van der Waals surface area contributed by atoms with Crippen molar-refractivity contribution >= 4 is 11.7 Å². The minimum Gasteiger partial charge on any atom is -0.493 e. The number of ketones is 1. The minimum absolute atomic E-state index is 0.0228. The number of rotatable bonds is 12. The van der Waals surface area contributed by atoms with E-state index in [4.69, 9.17) is 15.2 Å². The van der Waals surface area contributed by atoms with Gasteiger partial charge in [-0.25, -0.2) is 4.39 Å². The van der Waals surface area contributed by atoms with E-state index in [9.17, 15) is 14.0 Å². The summed E-state index contributed by atoms with van der Waals surface area (Å²) in [4.78, 5) is 27.2. The Morgan fingerprint density at radius 1 is 1.03 bits per heavy atom. The molecular formula is C26H35FN2O4. The molecule has 2 rings (SSSR count). The first kappa shape index (κ1) is 26.5. The third-order valence-electron chi connectivity index (χ3n) is 5.60. The number of halogens is 1. The van der Waals surface area contributed by atoms with Crippen molar-refractivity contribution < 1.29 is 23.5 Å². The first-order chi connectivity index (χ1) is 15.7. The zero-order valence-corrected chi connectivity index (χ0v) is 20.2. The molecule has 0 fully saturated rings. The van der Waals surface area contributed by atoms with Crippen LogP contribution in [0.4, 0.5) is 4.39 Å². The molecule has 0 aromatic heterocycles. The Bertz CT molecular complexity index is 961. The molecule has 2 aromatic carbocycles. The van der Waals surface area contributed by atoms with Gasteiger partial charge in [-0.05, 0) is 63.6 Å². The quantitative estimate of drug-likeness (QED) is 0.368. The van der Waals surface area contributed by atoms with E-state index >= 15 is 0 Å². The van der Waals surface area contributed by atoms with Crippen LogP contribution in [0.15, 0.2) is 36.4 Å². The summed E-state index contributed by atoms with van der Waals surface area (Å²) in [5.41, 5.74) is 6.94. The number of hydrogen-bond acceptors (Lipinski definition) is 5. The van der Waals surface area contributed by atoms with Crippen LogP contribution in [0.5, 0.6) is 5.75 Å². The van der Waals surface area contributed by atoms with Crippen molar-refractivity contribution in [2.24, 2.45) is 5.73 Å². The summed E-state index contributed by atoms with van der Waals surface area (Å²) < 4.78 is 25.8. The van der Waals surface area contributed by atoms with E-state index in [2.05, 4.69) is 0 Å². The highest BCUT2D eigenvalue weighted by Gasteiger charge is 2.25. The van der Waals surface area contributed by atoms with Gasteiger partial charge in [0.2, 0.25) is 0 Å². The summed E-state index contributed by atoms with van der Waals surface area (Å²) in [7, 11) is 1.61. The molecule has 0 aliphatic heterocycles. The van der Waals surface area contributed by atoms with Crippen LogP contribution < -0.4 is 10.5 Å². The largest absolute Gasteiger partial charge is 0.493 e. The van der Waals surface area contributed by atoms with E-state index in [-0.39, 0.29) is 35.9 Å². The van der Waals surface area contributed by atoms with Gasteiger partial charge in [0.15, 0.2) is 5.78 Å². The average Bonchev–Trinajstić information content (AvgIpc) is 2.81. The molecule has 0 heterocycles. The second-order valence-corrected chi connectivity index (χ2v) is 8.29. The van der Waals surface area contributed by atoms with Crippen LogP contribution in [0.1, 0.15) is 61.3 Å². The van der Waals surface area contributed by atoms with Gasteiger partial charge in [0.05, 0.1) is 13.2 Å². The van der Waals surface area contributed by atoms with Gasteiger partial charge in [-0.15, -0.1) is 0 Å². The van der Waals surface area contributed by atoms with Crippen molar-refractivity contribution in [1.82, 2.24) is 4.90 Å². The third kappa shape index (κ3) is 6.62. The molecule has 2 aromatic rings. The molecule has 0 saturated heterocycles. The Labute approximate surface area is 195 Å². The third-order valence-corrected chi connectivity index (χ3v) is 5.60. The summed E-state index contributed by atoms with van der Waals surface area (Å²) in [6, 6.07) is 9.22. The zero-order valence-electron chi connectivity index (χ0n) is 20.2. The zero-order chi connectivity index (χ0) is 24.5. The maximum absolute atomic E-state index is 14.8. The Kier molecular flexibility index (Phi) is 10.0. The van der Waals surface area contributed by atoms with Crippen LogP contribution in [0.3, 0.4) is 0 Å². The Hall–Kier alpha value is -2.77. The fourth-order valence-electron chi connectivity index (χ4n) is 3.70. The molecule has 33 heavy (non-hydrogen) atoms. The normalized spacial score (nSPS) is 12.0. The number of nitrogens with two attached hydrogens (primary N) is 1. The number of nitrogens with zero attached hydrogens (tertiary/aromatic N) is 1. The van der Waals surface area contributed by atoms with Gasteiger partial charge in [0.1, 0.15) is 11.6 Å². The number of benzene rings is 2. The molecule has 1 amide bonds. The van der Waals surface area contributed by atoms with E-state index < -0.39 is 5.82 Å². The number of hydrogen-bond donors (Lipinski definition) is 1. The summed E-state index contributed by atoms with van der Waals surface area (Å²) in [6.45, 7) is 8.70. The number of Topliss-reactive ketones (excluding diaryl/α,β-unsaturated/α-hetero) is 1. The van der Waals surface area contributed by atoms with Crippen LogP contribution in [0.2, 0.25) is 0 Å². The highest BCUT2D eigenvalue weighted by Crippen LogP contribution is 2.34. The highest BCUT2D eigenvalue weighted by molar-refractivity contribution is 5.99. The van der Waals surface area contributed by atoms with Crippen LogP contribution in [0.25, 0.3) is 11.1 Å². The van der Waals surface area contributed by atoms with Crippen LogP contribution in [-0.4, -0.2) is 55.5 Å². The van der Waals surface area contributed by atoms with Gasteiger partial charge < -0.3 is 20.1 Å².